The molecule has 234 valence electrons. The van der Waals surface area contributed by atoms with E-state index in [-0.39, 0.29) is 0 Å². The fourth-order valence-corrected chi connectivity index (χ4v) is 7.55. The molecule has 0 radical (unpaired) electrons. The summed E-state index contributed by atoms with van der Waals surface area (Å²) in [5, 5.41) is 9.76. The van der Waals surface area contributed by atoms with Crippen LogP contribution in [0.25, 0.3) is 76.5 Å². The minimum Gasteiger partial charge on any atom is -0.456 e. The van der Waals surface area contributed by atoms with Crippen molar-refractivity contribution in [3.63, 3.8) is 0 Å². The van der Waals surface area contributed by atoms with Crippen LogP contribution < -0.4 is 4.90 Å². The lowest BCUT2D eigenvalue weighted by Crippen LogP contribution is -2.09. The summed E-state index contributed by atoms with van der Waals surface area (Å²) in [6, 6.07) is 67.6. The highest BCUT2D eigenvalue weighted by molar-refractivity contribution is 6.19. The Labute approximate surface area is 290 Å². The van der Waals surface area contributed by atoms with Crippen molar-refractivity contribution in [1.82, 2.24) is 0 Å². The summed E-state index contributed by atoms with van der Waals surface area (Å²) >= 11 is 0. The Morgan fingerprint density at radius 1 is 0.300 bits per heavy atom. The number of hydrogen-bond donors (Lipinski definition) is 0. The highest BCUT2D eigenvalue weighted by Gasteiger charge is 2.16. The maximum atomic E-state index is 6.28. The topological polar surface area (TPSA) is 16.4 Å². The molecule has 10 aromatic rings. The fraction of sp³-hybridized carbons (Fsp3) is 0. The Morgan fingerprint density at radius 2 is 0.820 bits per heavy atom. The normalized spacial score (nSPS) is 11.6. The molecule has 9 aromatic carbocycles. The van der Waals surface area contributed by atoms with Gasteiger partial charge in [-0.3, -0.25) is 0 Å². The predicted molar refractivity (Wildman–Crippen MR) is 212 cm³/mol. The van der Waals surface area contributed by atoms with E-state index in [1.165, 1.54) is 48.8 Å². The van der Waals surface area contributed by atoms with E-state index >= 15 is 0 Å². The smallest absolute Gasteiger partial charge is 0.136 e. The molecule has 50 heavy (non-hydrogen) atoms. The van der Waals surface area contributed by atoms with Gasteiger partial charge in [-0.1, -0.05) is 133 Å². The number of benzene rings is 9. The molecule has 0 aliphatic rings. The highest BCUT2D eigenvalue weighted by atomic mass is 16.3. The van der Waals surface area contributed by atoms with Crippen LogP contribution in [0.4, 0.5) is 17.1 Å². The zero-order valence-corrected chi connectivity index (χ0v) is 27.3. The number of furan rings is 1. The molecule has 0 amide bonds. The third kappa shape index (κ3) is 4.73. The van der Waals surface area contributed by atoms with Gasteiger partial charge in [0.1, 0.15) is 11.2 Å². The maximum absolute atomic E-state index is 6.28. The summed E-state index contributed by atoms with van der Waals surface area (Å²) < 4.78 is 6.28. The molecule has 0 N–H and O–H groups in total. The second kappa shape index (κ2) is 11.5. The summed E-state index contributed by atoms with van der Waals surface area (Å²) in [5.41, 5.74) is 9.89. The number of anilines is 3. The van der Waals surface area contributed by atoms with Crippen LogP contribution in [0.5, 0.6) is 0 Å². The monoisotopic (exact) mass is 637 g/mol. The van der Waals surface area contributed by atoms with Gasteiger partial charge in [0.25, 0.3) is 0 Å². The van der Waals surface area contributed by atoms with Gasteiger partial charge < -0.3 is 9.32 Å². The van der Waals surface area contributed by atoms with Gasteiger partial charge in [-0.2, -0.15) is 0 Å². The number of nitrogens with zero attached hydrogens (tertiary/aromatic N) is 1. The molecule has 1 aromatic heterocycles. The minimum absolute atomic E-state index is 0.908. The molecule has 0 fully saturated rings. The van der Waals surface area contributed by atoms with Crippen molar-refractivity contribution in [1.29, 1.82) is 0 Å². The van der Waals surface area contributed by atoms with Crippen LogP contribution in [-0.4, -0.2) is 0 Å². The first-order valence-electron chi connectivity index (χ1n) is 17.1. The zero-order valence-electron chi connectivity index (χ0n) is 27.3. The van der Waals surface area contributed by atoms with E-state index in [1.807, 2.05) is 0 Å². The molecule has 0 saturated carbocycles. The van der Waals surface area contributed by atoms with Crippen LogP contribution in [0.3, 0.4) is 0 Å². The third-order valence-corrected chi connectivity index (χ3v) is 10.0. The van der Waals surface area contributed by atoms with Gasteiger partial charge >= 0.3 is 0 Å². The van der Waals surface area contributed by atoms with Crippen LogP contribution >= 0.6 is 0 Å². The molecule has 0 spiro atoms. The van der Waals surface area contributed by atoms with Crippen LogP contribution in [0.15, 0.2) is 192 Å². The van der Waals surface area contributed by atoms with Crippen LogP contribution in [0.2, 0.25) is 0 Å². The van der Waals surface area contributed by atoms with E-state index in [9.17, 15) is 0 Å². The first-order chi connectivity index (χ1) is 24.8. The van der Waals surface area contributed by atoms with Gasteiger partial charge in [0.2, 0.25) is 0 Å². The van der Waals surface area contributed by atoms with Crippen LogP contribution in [-0.2, 0) is 0 Å². The van der Waals surface area contributed by atoms with E-state index in [0.717, 1.165) is 44.7 Å². The first-order valence-corrected chi connectivity index (χ1v) is 17.1. The van der Waals surface area contributed by atoms with E-state index in [2.05, 4.69) is 193 Å². The van der Waals surface area contributed by atoms with Crippen LogP contribution in [0, 0.1) is 0 Å². The summed E-state index contributed by atoms with van der Waals surface area (Å²) in [4.78, 5) is 2.35. The van der Waals surface area contributed by atoms with Gasteiger partial charge in [-0.15, -0.1) is 0 Å². The van der Waals surface area contributed by atoms with Gasteiger partial charge in [0.05, 0.1) is 0 Å². The van der Waals surface area contributed by atoms with Crippen molar-refractivity contribution in [3.8, 4) is 22.3 Å². The van der Waals surface area contributed by atoms with Gasteiger partial charge in [-0.05, 0) is 109 Å². The lowest BCUT2D eigenvalue weighted by Gasteiger charge is -2.26. The maximum Gasteiger partial charge on any atom is 0.136 e. The zero-order chi connectivity index (χ0) is 33.0. The summed E-state index contributed by atoms with van der Waals surface area (Å²) in [5.74, 6) is 0. The molecular weight excluding hydrogens is 607 g/mol. The van der Waals surface area contributed by atoms with Crippen molar-refractivity contribution in [2.45, 2.75) is 0 Å². The van der Waals surface area contributed by atoms with Crippen molar-refractivity contribution >= 4 is 71.3 Å². The van der Waals surface area contributed by atoms with E-state index in [4.69, 9.17) is 4.42 Å². The van der Waals surface area contributed by atoms with Crippen molar-refractivity contribution in [2.75, 3.05) is 4.90 Å². The summed E-state index contributed by atoms with van der Waals surface area (Å²) in [7, 11) is 0. The largest absolute Gasteiger partial charge is 0.456 e. The molecule has 0 aliphatic heterocycles. The lowest BCUT2D eigenvalue weighted by molar-refractivity contribution is 0.669. The molecule has 0 aliphatic carbocycles. The predicted octanol–water partition coefficient (Wildman–Crippen LogP) is 13.8. The second-order valence-electron chi connectivity index (χ2n) is 13.0. The quantitative estimate of drug-likeness (QED) is 0.175. The molecule has 2 nitrogen and oxygen atoms in total. The molecular formula is C48H31NO. The summed E-state index contributed by atoms with van der Waals surface area (Å²) in [6.07, 6.45) is 0. The average molecular weight is 638 g/mol. The Hall–Kier alpha value is -6.64. The van der Waals surface area contributed by atoms with Crippen molar-refractivity contribution in [3.05, 3.63) is 188 Å². The van der Waals surface area contributed by atoms with E-state index in [1.54, 1.807) is 0 Å². The Kier molecular flexibility index (Phi) is 6.53. The Balaban J connectivity index is 1.08. The minimum atomic E-state index is 0.908. The fourth-order valence-electron chi connectivity index (χ4n) is 7.55. The van der Waals surface area contributed by atoms with Gasteiger partial charge in [-0.25, -0.2) is 0 Å². The molecule has 0 bridgehead atoms. The van der Waals surface area contributed by atoms with Crippen molar-refractivity contribution < 1.29 is 4.42 Å². The molecule has 0 saturated heterocycles. The van der Waals surface area contributed by atoms with Gasteiger partial charge in [0.15, 0.2) is 0 Å². The van der Waals surface area contributed by atoms with Crippen LogP contribution in [0.1, 0.15) is 0 Å². The lowest BCUT2D eigenvalue weighted by atomic mass is 9.99. The standard InChI is InChI=1S/C48H31NO/c1-2-8-32(9-3-1)33-16-22-39(23-17-33)49(41-26-27-43-38(30-41)15-14-35-10-4-6-12-42(35)43)40-24-18-34(19-25-40)37-21-28-46-45(31-37)48-44-13-7-5-11-36(44)20-29-47(48)50-46/h1-31H. The molecule has 1 heterocycles. The second-order valence-corrected chi connectivity index (χ2v) is 13.0. The number of fused-ring (bicyclic) bond motifs is 8. The van der Waals surface area contributed by atoms with E-state index in [0.29, 0.717) is 0 Å². The Morgan fingerprint density at radius 3 is 1.58 bits per heavy atom. The molecule has 0 unspecified atom stereocenters. The highest BCUT2D eigenvalue weighted by Crippen LogP contribution is 2.40. The molecule has 10 rings (SSSR count). The number of hydrogen-bond acceptors (Lipinski definition) is 2. The third-order valence-electron chi connectivity index (χ3n) is 10.0. The average Bonchev–Trinajstić information content (AvgIpc) is 3.57. The Bertz CT molecular complexity index is 2850. The first kappa shape index (κ1) is 28.4. The van der Waals surface area contributed by atoms with Gasteiger partial charge in [0, 0.05) is 27.8 Å². The molecule has 2 heteroatoms. The van der Waals surface area contributed by atoms with E-state index < -0.39 is 0 Å². The van der Waals surface area contributed by atoms with Crippen molar-refractivity contribution in [2.24, 2.45) is 0 Å². The summed E-state index contributed by atoms with van der Waals surface area (Å²) in [6.45, 7) is 0. The number of rotatable bonds is 5. The SMILES string of the molecule is c1ccc(-c2ccc(N(c3ccc(-c4ccc5oc6ccc7ccccc7c6c5c4)cc3)c3ccc4c(ccc5ccccc54)c3)cc2)cc1. The molecule has 0 atom stereocenters.